The minimum absolute atomic E-state index is 0.120. The van der Waals surface area contributed by atoms with Crippen LogP contribution in [0.4, 0.5) is 13.2 Å². The zero-order valence-electron chi connectivity index (χ0n) is 15.7. The highest BCUT2D eigenvalue weighted by Gasteiger charge is 2.38. The van der Waals surface area contributed by atoms with Crippen LogP contribution in [-0.4, -0.2) is 25.3 Å². The van der Waals surface area contributed by atoms with Crippen LogP contribution >= 0.6 is 0 Å². The zero-order chi connectivity index (χ0) is 21.1. The minimum atomic E-state index is -4.69. The topological polar surface area (TPSA) is 64.2 Å². The fourth-order valence-corrected chi connectivity index (χ4v) is 3.22. The van der Waals surface area contributed by atoms with E-state index in [0.29, 0.717) is 5.76 Å². The van der Waals surface area contributed by atoms with Crippen LogP contribution in [0.5, 0.6) is 0 Å². The average molecular weight is 414 g/mol. The van der Waals surface area contributed by atoms with Gasteiger partial charge >= 0.3 is 6.18 Å². The molecule has 0 saturated heterocycles. The Hall–Kier alpha value is -3.62. The van der Waals surface area contributed by atoms with E-state index < -0.39 is 24.5 Å². The maximum atomic E-state index is 13.6. The van der Waals surface area contributed by atoms with E-state index in [-0.39, 0.29) is 24.1 Å². The van der Waals surface area contributed by atoms with Crippen molar-refractivity contribution in [1.82, 2.24) is 19.4 Å². The van der Waals surface area contributed by atoms with Gasteiger partial charge in [-0.05, 0) is 35.9 Å². The summed E-state index contributed by atoms with van der Waals surface area (Å²) < 4.78 is 46.9. The van der Waals surface area contributed by atoms with Gasteiger partial charge in [-0.25, -0.2) is 4.98 Å². The van der Waals surface area contributed by atoms with Crippen LogP contribution in [0.1, 0.15) is 17.1 Å². The van der Waals surface area contributed by atoms with Crippen LogP contribution < -0.4 is 0 Å². The summed E-state index contributed by atoms with van der Waals surface area (Å²) in [6, 6.07) is 13.1. The molecule has 1 amide bonds. The van der Waals surface area contributed by atoms with Crippen molar-refractivity contribution in [3.05, 3.63) is 84.3 Å². The van der Waals surface area contributed by atoms with Crippen LogP contribution in [0, 0.1) is 0 Å². The maximum absolute atomic E-state index is 13.6. The quantitative estimate of drug-likeness (QED) is 0.473. The van der Waals surface area contributed by atoms with Crippen molar-refractivity contribution in [2.45, 2.75) is 25.8 Å². The number of hydrogen-bond acceptors (Lipinski definition) is 4. The molecule has 3 aromatic heterocycles. The summed E-state index contributed by atoms with van der Waals surface area (Å²) in [6.07, 6.45) is 0.00723. The summed E-state index contributed by atoms with van der Waals surface area (Å²) in [7, 11) is 0. The minimum Gasteiger partial charge on any atom is -0.467 e. The summed E-state index contributed by atoms with van der Waals surface area (Å²) in [5.74, 6) is -1.07. The van der Waals surface area contributed by atoms with E-state index in [0.717, 1.165) is 10.1 Å². The number of para-hydroxylation sites is 2. The Kier molecular flexibility index (Phi) is 5.26. The second-order valence-electron chi connectivity index (χ2n) is 6.70. The first kappa shape index (κ1) is 19.7. The number of fused-ring (bicyclic) bond motifs is 1. The third-order valence-corrected chi connectivity index (χ3v) is 4.58. The SMILES string of the molecule is O=C(Cn1c(C(F)(F)F)nc2ccccc21)N(Cc1cccnc1)Cc1ccco1. The van der Waals surface area contributed by atoms with Crippen molar-refractivity contribution in [1.29, 1.82) is 0 Å². The molecule has 154 valence electrons. The highest BCUT2D eigenvalue weighted by Crippen LogP contribution is 2.31. The van der Waals surface area contributed by atoms with Crippen molar-refractivity contribution in [2.75, 3.05) is 0 Å². The van der Waals surface area contributed by atoms with Gasteiger partial charge in [0.2, 0.25) is 11.7 Å². The first-order valence-corrected chi connectivity index (χ1v) is 9.13. The zero-order valence-corrected chi connectivity index (χ0v) is 15.7. The van der Waals surface area contributed by atoms with Crippen molar-refractivity contribution in [3.63, 3.8) is 0 Å². The van der Waals surface area contributed by atoms with Crippen molar-refractivity contribution in [2.24, 2.45) is 0 Å². The van der Waals surface area contributed by atoms with Gasteiger partial charge in [-0.1, -0.05) is 18.2 Å². The molecular formula is C21H17F3N4O2. The third kappa shape index (κ3) is 4.19. The van der Waals surface area contributed by atoms with Gasteiger partial charge in [-0.15, -0.1) is 0 Å². The number of imidazole rings is 1. The molecule has 0 saturated carbocycles. The molecule has 0 bridgehead atoms. The third-order valence-electron chi connectivity index (χ3n) is 4.58. The summed E-state index contributed by atoms with van der Waals surface area (Å²) in [5, 5.41) is 0. The summed E-state index contributed by atoms with van der Waals surface area (Å²) >= 11 is 0. The lowest BCUT2D eigenvalue weighted by Crippen LogP contribution is -2.34. The highest BCUT2D eigenvalue weighted by molar-refractivity contribution is 5.81. The lowest BCUT2D eigenvalue weighted by Gasteiger charge is -2.23. The molecule has 9 heteroatoms. The van der Waals surface area contributed by atoms with Gasteiger partial charge in [0.25, 0.3) is 0 Å². The predicted molar refractivity (Wildman–Crippen MR) is 102 cm³/mol. The number of benzene rings is 1. The van der Waals surface area contributed by atoms with E-state index in [4.69, 9.17) is 4.42 Å². The van der Waals surface area contributed by atoms with Gasteiger partial charge in [0, 0.05) is 18.9 Å². The number of nitrogens with zero attached hydrogens (tertiary/aromatic N) is 4. The van der Waals surface area contributed by atoms with Crippen LogP contribution in [0.3, 0.4) is 0 Å². The van der Waals surface area contributed by atoms with Gasteiger partial charge in [0.15, 0.2) is 0 Å². The molecule has 3 heterocycles. The molecule has 0 unspecified atom stereocenters. The number of alkyl halides is 3. The van der Waals surface area contributed by atoms with Crippen molar-refractivity contribution >= 4 is 16.9 Å². The summed E-state index contributed by atoms with van der Waals surface area (Å²) in [6.45, 7) is -0.202. The molecule has 4 rings (SSSR count). The summed E-state index contributed by atoms with van der Waals surface area (Å²) in [4.78, 5) is 22.3. The number of amides is 1. The number of carbonyl (C=O) groups excluding carboxylic acids is 1. The molecule has 0 aliphatic carbocycles. The lowest BCUT2D eigenvalue weighted by atomic mass is 10.2. The molecule has 30 heavy (non-hydrogen) atoms. The van der Waals surface area contributed by atoms with E-state index in [1.165, 1.54) is 23.3 Å². The maximum Gasteiger partial charge on any atom is 0.449 e. The molecule has 0 N–H and O–H groups in total. The lowest BCUT2D eigenvalue weighted by molar-refractivity contribution is -0.148. The monoisotopic (exact) mass is 414 g/mol. The molecule has 1 aromatic carbocycles. The number of halogens is 3. The smallest absolute Gasteiger partial charge is 0.449 e. The molecular weight excluding hydrogens is 397 g/mol. The Morgan fingerprint density at radius 2 is 1.90 bits per heavy atom. The molecule has 0 atom stereocenters. The Morgan fingerprint density at radius 3 is 2.60 bits per heavy atom. The summed E-state index contributed by atoms with van der Waals surface area (Å²) in [5.41, 5.74) is 1.18. The second-order valence-corrected chi connectivity index (χ2v) is 6.70. The number of hydrogen-bond donors (Lipinski definition) is 0. The number of rotatable bonds is 6. The first-order valence-electron chi connectivity index (χ1n) is 9.13. The Bertz CT molecular complexity index is 1140. The normalized spacial score (nSPS) is 11.7. The molecule has 0 aliphatic heterocycles. The molecule has 6 nitrogen and oxygen atoms in total. The van der Waals surface area contributed by atoms with E-state index in [1.54, 1.807) is 48.8 Å². The predicted octanol–water partition coefficient (Wildman–Crippen LogP) is 4.27. The van der Waals surface area contributed by atoms with Gasteiger partial charge in [0.05, 0.1) is 23.8 Å². The van der Waals surface area contributed by atoms with Gasteiger partial charge in [-0.2, -0.15) is 13.2 Å². The van der Waals surface area contributed by atoms with E-state index in [9.17, 15) is 18.0 Å². The molecule has 0 aliphatic rings. The number of furan rings is 1. The fraction of sp³-hybridized carbons (Fsp3) is 0.190. The molecule has 4 aromatic rings. The second kappa shape index (κ2) is 8.02. The number of carbonyl (C=O) groups is 1. The van der Waals surface area contributed by atoms with E-state index in [2.05, 4.69) is 9.97 Å². The van der Waals surface area contributed by atoms with Gasteiger partial charge < -0.3 is 13.9 Å². The Labute approximate surface area is 169 Å². The largest absolute Gasteiger partial charge is 0.467 e. The first-order chi connectivity index (χ1) is 14.4. The fourth-order valence-electron chi connectivity index (χ4n) is 3.22. The van der Waals surface area contributed by atoms with E-state index in [1.807, 2.05) is 0 Å². The van der Waals surface area contributed by atoms with E-state index >= 15 is 0 Å². The van der Waals surface area contributed by atoms with Crippen molar-refractivity contribution < 1.29 is 22.4 Å². The van der Waals surface area contributed by atoms with Crippen LogP contribution in [0.2, 0.25) is 0 Å². The number of pyridine rings is 1. The van der Waals surface area contributed by atoms with Crippen LogP contribution in [0.25, 0.3) is 11.0 Å². The average Bonchev–Trinajstić information content (AvgIpc) is 3.36. The number of aromatic nitrogens is 3. The van der Waals surface area contributed by atoms with Gasteiger partial charge in [0.1, 0.15) is 12.3 Å². The highest BCUT2D eigenvalue weighted by atomic mass is 19.4. The molecule has 0 fully saturated rings. The van der Waals surface area contributed by atoms with Crippen LogP contribution in [0.15, 0.2) is 71.6 Å². The molecule has 0 radical (unpaired) electrons. The van der Waals surface area contributed by atoms with Crippen molar-refractivity contribution in [3.8, 4) is 0 Å². The Balaban J connectivity index is 1.67. The standard InChI is InChI=1S/C21H17F3N4O2/c22-21(23,24)20-26-17-7-1-2-8-18(17)28(20)14-19(29)27(13-16-6-4-10-30-16)12-15-5-3-9-25-11-15/h1-11H,12-14H2. The molecule has 0 spiro atoms. The van der Waals surface area contributed by atoms with Gasteiger partial charge in [-0.3, -0.25) is 9.78 Å². The van der Waals surface area contributed by atoms with Crippen LogP contribution in [-0.2, 0) is 30.6 Å². The Morgan fingerprint density at radius 1 is 1.07 bits per heavy atom.